The molecule has 0 aromatic carbocycles. The Morgan fingerprint density at radius 3 is 2.79 bits per heavy atom. The second-order valence-corrected chi connectivity index (χ2v) is 6.92. The van der Waals surface area contributed by atoms with E-state index < -0.39 is 9.84 Å². The highest BCUT2D eigenvalue weighted by molar-refractivity contribution is 7.91. The van der Waals surface area contributed by atoms with Gasteiger partial charge >= 0.3 is 0 Å². The SMILES string of the molecule is CC1(NC2CCNC2)CCS(=O)(=O)C1. The highest BCUT2D eigenvalue weighted by Gasteiger charge is 2.39. The zero-order chi connectivity index (χ0) is 10.2. The third-order valence-corrected chi connectivity index (χ3v) is 5.02. The van der Waals surface area contributed by atoms with Gasteiger partial charge in [-0.1, -0.05) is 0 Å². The van der Waals surface area contributed by atoms with Crippen LogP contribution in [0.5, 0.6) is 0 Å². The van der Waals surface area contributed by atoms with Gasteiger partial charge in [-0.25, -0.2) is 8.42 Å². The fraction of sp³-hybridized carbons (Fsp3) is 1.00. The molecule has 2 aliphatic rings. The van der Waals surface area contributed by atoms with E-state index in [0.717, 1.165) is 25.9 Å². The molecule has 2 N–H and O–H groups in total. The zero-order valence-electron chi connectivity index (χ0n) is 8.54. The van der Waals surface area contributed by atoms with Crippen LogP contribution < -0.4 is 10.6 Å². The standard InChI is InChI=1S/C9H18N2O2S/c1-9(3-5-14(12,13)7-9)11-8-2-4-10-6-8/h8,10-11H,2-7H2,1H3. The molecular weight excluding hydrogens is 200 g/mol. The lowest BCUT2D eigenvalue weighted by molar-refractivity contribution is 0.350. The molecule has 2 heterocycles. The minimum atomic E-state index is -2.78. The van der Waals surface area contributed by atoms with Gasteiger partial charge < -0.3 is 10.6 Å². The normalized spacial score (nSPS) is 41.6. The van der Waals surface area contributed by atoms with Crippen LogP contribution in [0, 0.1) is 0 Å². The molecule has 2 fully saturated rings. The summed E-state index contributed by atoms with van der Waals surface area (Å²) in [6, 6.07) is 0.452. The summed E-state index contributed by atoms with van der Waals surface area (Å²) in [5.41, 5.74) is -0.185. The molecule has 2 aliphatic heterocycles. The lowest BCUT2D eigenvalue weighted by atomic mass is 10.0. The molecule has 2 saturated heterocycles. The van der Waals surface area contributed by atoms with Gasteiger partial charge in [0.05, 0.1) is 11.5 Å². The maximum absolute atomic E-state index is 11.4. The first kappa shape index (κ1) is 10.4. The van der Waals surface area contributed by atoms with Crippen LogP contribution in [-0.2, 0) is 9.84 Å². The Morgan fingerprint density at radius 2 is 2.29 bits per heavy atom. The molecule has 4 nitrogen and oxygen atoms in total. The van der Waals surface area contributed by atoms with Crippen molar-refractivity contribution in [2.75, 3.05) is 24.6 Å². The summed E-state index contributed by atoms with van der Waals surface area (Å²) in [5, 5.41) is 6.74. The minimum Gasteiger partial charge on any atom is -0.315 e. The molecule has 14 heavy (non-hydrogen) atoms. The topological polar surface area (TPSA) is 58.2 Å². The van der Waals surface area contributed by atoms with Crippen molar-refractivity contribution in [3.8, 4) is 0 Å². The van der Waals surface area contributed by atoms with Gasteiger partial charge in [0.1, 0.15) is 0 Å². The molecule has 0 aromatic rings. The number of rotatable bonds is 2. The third-order valence-electron chi connectivity index (χ3n) is 3.12. The summed E-state index contributed by atoms with van der Waals surface area (Å²) in [7, 11) is -2.78. The van der Waals surface area contributed by atoms with E-state index in [4.69, 9.17) is 0 Å². The third kappa shape index (κ3) is 2.27. The molecule has 2 atom stereocenters. The number of sulfone groups is 1. The molecule has 2 unspecified atom stereocenters. The van der Waals surface area contributed by atoms with Gasteiger partial charge in [0.15, 0.2) is 9.84 Å². The van der Waals surface area contributed by atoms with Gasteiger partial charge in [0.2, 0.25) is 0 Å². The molecule has 2 rings (SSSR count). The maximum Gasteiger partial charge on any atom is 0.152 e. The molecule has 0 aliphatic carbocycles. The maximum atomic E-state index is 11.4. The quantitative estimate of drug-likeness (QED) is 0.657. The van der Waals surface area contributed by atoms with Crippen LogP contribution in [0.1, 0.15) is 19.8 Å². The van der Waals surface area contributed by atoms with E-state index in [1.54, 1.807) is 0 Å². The molecule has 0 saturated carbocycles. The van der Waals surface area contributed by atoms with Crippen LogP contribution in [0.2, 0.25) is 0 Å². The van der Waals surface area contributed by atoms with Crippen LogP contribution in [0.3, 0.4) is 0 Å². The summed E-state index contributed by atoms with van der Waals surface area (Å²) in [5.74, 6) is 0.646. The second-order valence-electron chi connectivity index (χ2n) is 4.74. The summed E-state index contributed by atoms with van der Waals surface area (Å²) in [4.78, 5) is 0. The zero-order valence-corrected chi connectivity index (χ0v) is 9.36. The van der Waals surface area contributed by atoms with Crippen molar-refractivity contribution in [1.82, 2.24) is 10.6 Å². The first-order valence-corrected chi connectivity index (χ1v) is 7.00. The van der Waals surface area contributed by atoms with E-state index in [1.165, 1.54) is 0 Å². The summed E-state index contributed by atoms with van der Waals surface area (Å²) < 4.78 is 22.7. The van der Waals surface area contributed by atoms with E-state index in [9.17, 15) is 8.42 Å². The van der Waals surface area contributed by atoms with Crippen LogP contribution in [-0.4, -0.2) is 44.6 Å². The van der Waals surface area contributed by atoms with Gasteiger partial charge in [-0.3, -0.25) is 0 Å². The van der Waals surface area contributed by atoms with E-state index >= 15 is 0 Å². The van der Waals surface area contributed by atoms with E-state index in [2.05, 4.69) is 10.6 Å². The number of hydrogen-bond donors (Lipinski definition) is 2. The van der Waals surface area contributed by atoms with Crippen molar-refractivity contribution < 1.29 is 8.42 Å². The molecular formula is C9H18N2O2S. The average molecular weight is 218 g/mol. The monoisotopic (exact) mass is 218 g/mol. The first-order chi connectivity index (χ1) is 6.49. The van der Waals surface area contributed by atoms with Crippen molar-refractivity contribution in [2.24, 2.45) is 0 Å². The fourth-order valence-corrected chi connectivity index (χ4v) is 4.50. The van der Waals surface area contributed by atoms with Crippen molar-refractivity contribution in [2.45, 2.75) is 31.3 Å². The van der Waals surface area contributed by atoms with E-state index in [1.807, 2.05) is 6.92 Å². The first-order valence-electron chi connectivity index (χ1n) is 5.18. The number of hydrogen-bond acceptors (Lipinski definition) is 4. The molecule has 82 valence electrons. The fourth-order valence-electron chi connectivity index (χ4n) is 2.39. The highest BCUT2D eigenvalue weighted by Crippen LogP contribution is 2.24. The lowest BCUT2D eigenvalue weighted by Crippen LogP contribution is -2.49. The Balaban J connectivity index is 1.96. The molecule has 0 spiro atoms. The summed E-state index contributed by atoms with van der Waals surface area (Å²) in [6.07, 6.45) is 1.86. The van der Waals surface area contributed by atoms with Crippen LogP contribution in [0.15, 0.2) is 0 Å². The predicted octanol–water partition coefficient (Wildman–Crippen LogP) is -0.485. The summed E-state index contributed by atoms with van der Waals surface area (Å²) >= 11 is 0. The summed E-state index contributed by atoms with van der Waals surface area (Å²) in [6.45, 7) is 4.03. The molecule has 0 radical (unpaired) electrons. The van der Waals surface area contributed by atoms with Crippen LogP contribution in [0.25, 0.3) is 0 Å². The largest absolute Gasteiger partial charge is 0.315 e. The van der Waals surface area contributed by atoms with E-state index in [-0.39, 0.29) is 5.54 Å². The lowest BCUT2D eigenvalue weighted by Gasteiger charge is -2.27. The Hall–Kier alpha value is -0.130. The van der Waals surface area contributed by atoms with Crippen molar-refractivity contribution >= 4 is 9.84 Å². The number of nitrogens with one attached hydrogen (secondary N) is 2. The van der Waals surface area contributed by atoms with E-state index in [0.29, 0.717) is 17.5 Å². The predicted molar refractivity (Wildman–Crippen MR) is 56.1 cm³/mol. The molecule has 5 heteroatoms. The minimum absolute atomic E-state index is 0.185. The van der Waals surface area contributed by atoms with Gasteiger partial charge in [-0.2, -0.15) is 0 Å². The Morgan fingerprint density at radius 1 is 1.50 bits per heavy atom. The Kier molecular flexibility index (Phi) is 2.57. The van der Waals surface area contributed by atoms with Crippen LogP contribution in [0.4, 0.5) is 0 Å². The van der Waals surface area contributed by atoms with Gasteiger partial charge in [0, 0.05) is 18.1 Å². The van der Waals surface area contributed by atoms with Crippen molar-refractivity contribution in [1.29, 1.82) is 0 Å². The Bertz CT molecular complexity index is 309. The highest BCUT2D eigenvalue weighted by atomic mass is 32.2. The molecule has 0 aromatic heterocycles. The average Bonchev–Trinajstić information content (AvgIpc) is 2.60. The van der Waals surface area contributed by atoms with Crippen LogP contribution >= 0.6 is 0 Å². The second kappa shape index (κ2) is 3.47. The van der Waals surface area contributed by atoms with Gasteiger partial charge in [-0.05, 0) is 26.3 Å². The van der Waals surface area contributed by atoms with Gasteiger partial charge in [-0.15, -0.1) is 0 Å². The van der Waals surface area contributed by atoms with Gasteiger partial charge in [0.25, 0.3) is 0 Å². The van der Waals surface area contributed by atoms with Crippen molar-refractivity contribution in [3.05, 3.63) is 0 Å². The smallest absolute Gasteiger partial charge is 0.152 e. The Labute approximate surface area is 85.4 Å². The van der Waals surface area contributed by atoms with Crippen molar-refractivity contribution in [3.63, 3.8) is 0 Å². The molecule has 0 amide bonds. The molecule has 0 bridgehead atoms.